The number of nitrogens with one attached hydrogen (secondary N) is 6. The first kappa shape index (κ1) is 65.2. The number of fused-ring (bicyclic) bond motifs is 2. The highest BCUT2D eigenvalue weighted by Crippen LogP contribution is 2.28. The van der Waals surface area contributed by atoms with E-state index in [4.69, 9.17) is 4.74 Å². The van der Waals surface area contributed by atoms with Gasteiger partial charge in [-0.1, -0.05) is 119 Å². The molecule has 10 atom stereocenters. The van der Waals surface area contributed by atoms with Crippen LogP contribution in [0.15, 0.2) is 97.1 Å². The third-order valence-electron chi connectivity index (χ3n) is 16.3. The Bertz CT molecular complexity index is 2830. The molecule has 0 spiro atoms. The molecule has 0 aromatic heterocycles. The number of hydrogen-bond acceptors (Lipinski definition) is 13. The number of carbonyl (C=O) groups is 7. The summed E-state index contributed by atoms with van der Waals surface area (Å²) in [6, 6.07) is 20.3. The third-order valence-corrected chi connectivity index (χ3v) is 16.3. The summed E-state index contributed by atoms with van der Waals surface area (Å²) in [5.41, 5.74) is 4.69. The Morgan fingerprint density at radius 3 is 1.79 bits per heavy atom. The number of unbranched alkanes of at least 4 members (excludes halogenated alkanes) is 7. The van der Waals surface area contributed by atoms with E-state index in [2.05, 4.69) is 45.7 Å². The first-order valence-electron chi connectivity index (χ1n) is 30.5. The van der Waals surface area contributed by atoms with Crippen LogP contribution >= 0.6 is 0 Å². The Morgan fingerprint density at radius 2 is 1.18 bits per heavy atom. The molecular formula is C65H88N8O12. The summed E-state index contributed by atoms with van der Waals surface area (Å²) in [7, 11) is 0. The van der Waals surface area contributed by atoms with Gasteiger partial charge in [-0.25, -0.2) is 0 Å². The van der Waals surface area contributed by atoms with E-state index in [1.807, 2.05) is 48.5 Å². The molecule has 3 fully saturated rings. The lowest BCUT2D eigenvalue weighted by molar-refractivity contribution is -0.145. The number of amides is 7. The molecule has 3 aliphatic heterocycles. The molecule has 20 heteroatoms. The van der Waals surface area contributed by atoms with Gasteiger partial charge in [-0.15, -0.1) is 0 Å². The fraction of sp³-hybridized carbons (Fsp3) is 0.523. The number of aliphatic hydroxyl groups is 3. The van der Waals surface area contributed by atoms with Gasteiger partial charge in [0.15, 0.2) is 0 Å². The van der Waals surface area contributed by atoms with Crippen LogP contribution < -0.4 is 36.6 Å². The normalized spacial score (nSPS) is 23.6. The van der Waals surface area contributed by atoms with Gasteiger partial charge < -0.3 is 66.9 Å². The number of ether oxygens (including phenoxy) is 1. The molecule has 460 valence electrons. The maximum atomic E-state index is 14.7. The molecule has 85 heavy (non-hydrogen) atoms. The van der Waals surface area contributed by atoms with Crippen molar-refractivity contribution in [3.8, 4) is 33.8 Å². The molecule has 0 saturated carbocycles. The van der Waals surface area contributed by atoms with Crippen molar-refractivity contribution in [3.63, 3.8) is 0 Å². The van der Waals surface area contributed by atoms with Crippen molar-refractivity contribution < 1.29 is 58.7 Å². The van der Waals surface area contributed by atoms with Crippen molar-refractivity contribution in [1.29, 1.82) is 0 Å². The monoisotopic (exact) mass is 1170 g/mol. The molecule has 7 rings (SSSR count). The van der Waals surface area contributed by atoms with Crippen molar-refractivity contribution in [3.05, 3.63) is 108 Å². The number of phenols is 1. The van der Waals surface area contributed by atoms with E-state index in [0.717, 1.165) is 90.7 Å². The number of benzene rings is 4. The molecular weight excluding hydrogens is 1080 g/mol. The van der Waals surface area contributed by atoms with Crippen LogP contribution in [-0.4, -0.2) is 165 Å². The number of aromatic hydroxyl groups is 1. The van der Waals surface area contributed by atoms with Crippen LogP contribution in [0.3, 0.4) is 0 Å². The SMILES string of the molecule is CCCCCCCCN[C@H]1C[C@H]2C(=O)NCCC[C@H](NC(=O)c3ccc(-c4ccc(-c5ccc(OCCCCC)cc5)cc4)cc3)C(=O)N[C@@H]([C@@H](C)O)C(=O)N3C[C@H](O)C[C@H]3C(=O)N[C@@H](CCc3ccc(O)cc3)C(=O)N[C@@H]([C@@H](C)O)C(=O)N2C1. The predicted octanol–water partition coefficient (Wildman–Crippen LogP) is 5.03. The highest BCUT2D eigenvalue weighted by molar-refractivity contribution is 6.00. The lowest BCUT2D eigenvalue weighted by Crippen LogP contribution is -2.61. The molecule has 3 heterocycles. The number of hydrogen-bond donors (Lipinski definition) is 10. The van der Waals surface area contributed by atoms with Gasteiger partial charge in [0, 0.05) is 37.7 Å². The number of aryl methyl sites for hydroxylation is 1. The maximum absolute atomic E-state index is 14.7. The lowest BCUT2D eigenvalue weighted by atomic mass is 9.99. The molecule has 7 amide bonds. The summed E-state index contributed by atoms with van der Waals surface area (Å²) < 4.78 is 5.88. The number of phenolic OH excluding ortho intramolecular Hbond substituents is 1. The zero-order chi connectivity index (χ0) is 61.0. The fourth-order valence-corrected chi connectivity index (χ4v) is 11.2. The van der Waals surface area contributed by atoms with Crippen molar-refractivity contribution >= 4 is 41.4 Å². The summed E-state index contributed by atoms with van der Waals surface area (Å²) in [4.78, 5) is 104. The molecule has 10 N–H and O–H groups in total. The molecule has 0 bridgehead atoms. The van der Waals surface area contributed by atoms with Crippen molar-refractivity contribution in [1.82, 2.24) is 41.7 Å². The second-order valence-corrected chi connectivity index (χ2v) is 23.0. The van der Waals surface area contributed by atoms with Gasteiger partial charge >= 0.3 is 0 Å². The predicted molar refractivity (Wildman–Crippen MR) is 323 cm³/mol. The van der Waals surface area contributed by atoms with E-state index in [-0.39, 0.29) is 75.5 Å². The van der Waals surface area contributed by atoms with Crippen LogP contribution in [0.4, 0.5) is 0 Å². The summed E-state index contributed by atoms with van der Waals surface area (Å²) in [6.45, 7) is 7.94. The highest BCUT2D eigenvalue weighted by atomic mass is 16.5. The molecule has 0 radical (unpaired) electrons. The zero-order valence-electron chi connectivity index (χ0n) is 49.6. The van der Waals surface area contributed by atoms with Crippen LogP contribution in [0.2, 0.25) is 0 Å². The maximum Gasteiger partial charge on any atom is 0.251 e. The standard InChI is InChI=1S/C65H88N8O12/c1-5-7-9-10-11-12-34-66-49-37-55-62(81)67-35-14-15-53(68-59(78)48-25-23-46(24-26-48)44-19-21-45(22-20-44)47-27-31-52(32-28-47)85-36-13-8-6-2)60(79)70-58(42(4)75)65(84)73-40-51(77)38-56(73)63(82)69-54(33-18-43-16-29-50(76)30-17-43)61(80)71-57(41(3)74)64(83)72(55)39-49/h16-17,19-32,41-42,49,51,53-58,66,74-77H,5-15,18,33-40H2,1-4H3,(H,67,81)(H,68,78)(H,69,82)(H,70,79)(H,71,80)/t41-,42-,49+,51-,53+,54+,55+,56+,57+,58+/m1/s1. The Hall–Kier alpha value is -7.39. The first-order chi connectivity index (χ1) is 40.9. The van der Waals surface area contributed by atoms with E-state index in [0.29, 0.717) is 18.7 Å². The van der Waals surface area contributed by atoms with Gasteiger partial charge in [0.2, 0.25) is 35.4 Å². The van der Waals surface area contributed by atoms with Crippen LogP contribution in [0.25, 0.3) is 22.3 Å². The number of nitrogens with zero attached hydrogens (tertiary/aromatic N) is 2. The fourth-order valence-electron chi connectivity index (χ4n) is 11.2. The van der Waals surface area contributed by atoms with Crippen LogP contribution in [0.1, 0.15) is 134 Å². The van der Waals surface area contributed by atoms with Crippen molar-refractivity contribution in [2.24, 2.45) is 0 Å². The molecule has 4 aromatic rings. The first-order valence-corrected chi connectivity index (χ1v) is 30.5. The van der Waals surface area contributed by atoms with Gasteiger partial charge in [0.1, 0.15) is 47.8 Å². The molecule has 0 aliphatic carbocycles. The number of rotatable bonds is 22. The average Bonchev–Trinajstić information content (AvgIpc) is 3.50. The number of carbonyl (C=O) groups excluding carboxylic acids is 7. The van der Waals surface area contributed by atoms with Gasteiger partial charge in [0.25, 0.3) is 5.91 Å². The van der Waals surface area contributed by atoms with E-state index < -0.39 is 95.9 Å². The highest BCUT2D eigenvalue weighted by Gasteiger charge is 2.46. The van der Waals surface area contributed by atoms with Gasteiger partial charge in [-0.05, 0) is 130 Å². The topological polar surface area (TPSA) is 288 Å². The van der Waals surface area contributed by atoms with E-state index in [9.17, 15) is 54.0 Å². The minimum absolute atomic E-state index is 0.0126. The Labute approximate surface area is 499 Å². The van der Waals surface area contributed by atoms with Crippen LogP contribution in [0.5, 0.6) is 11.5 Å². The molecule has 3 saturated heterocycles. The van der Waals surface area contributed by atoms with Gasteiger partial charge in [0.05, 0.1) is 24.9 Å². The van der Waals surface area contributed by atoms with E-state index in [1.165, 1.54) is 30.9 Å². The van der Waals surface area contributed by atoms with Gasteiger partial charge in [-0.3, -0.25) is 33.6 Å². The summed E-state index contributed by atoms with van der Waals surface area (Å²) in [5, 5.41) is 60.5. The molecule has 4 aromatic carbocycles. The Morgan fingerprint density at radius 1 is 0.635 bits per heavy atom. The van der Waals surface area contributed by atoms with Crippen molar-refractivity contribution in [2.45, 2.75) is 185 Å². The zero-order valence-corrected chi connectivity index (χ0v) is 49.6. The van der Waals surface area contributed by atoms with E-state index >= 15 is 0 Å². The third kappa shape index (κ3) is 18.6. The lowest BCUT2D eigenvalue weighted by Gasteiger charge is -2.32. The molecule has 0 unspecified atom stereocenters. The summed E-state index contributed by atoms with van der Waals surface area (Å²) in [5.74, 6) is -4.50. The van der Waals surface area contributed by atoms with Gasteiger partial charge in [-0.2, -0.15) is 0 Å². The average molecular weight is 1170 g/mol. The summed E-state index contributed by atoms with van der Waals surface area (Å²) in [6.07, 6.45) is 5.55. The Kier molecular flexibility index (Phi) is 24.7. The van der Waals surface area contributed by atoms with Crippen LogP contribution in [-0.2, 0) is 35.2 Å². The van der Waals surface area contributed by atoms with Crippen molar-refractivity contribution in [2.75, 3.05) is 32.8 Å². The quantitative estimate of drug-likeness (QED) is 0.0463. The second-order valence-electron chi connectivity index (χ2n) is 23.0. The van der Waals surface area contributed by atoms with E-state index in [1.54, 1.807) is 36.4 Å². The molecule has 20 nitrogen and oxygen atoms in total. The smallest absolute Gasteiger partial charge is 0.251 e. The molecule has 3 aliphatic rings. The minimum atomic E-state index is -1.68. The minimum Gasteiger partial charge on any atom is -0.508 e. The summed E-state index contributed by atoms with van der Waals surface area (Å²) >= 11 is 0. The Balaban J connectivity index is 1.13. The largest absolute Gasteiger partial charge is 0.508 e. The van der Waals surface area contributed by atoms with Crippen LogP contribution in [0, 0.1) is 0 Å². The second kappa shape index (κ2) is 32.2. The number of aliphatic hydroxyl groups excluding tert-OH is 3.